The highest BCUT2D eigenvalue weighted by Gasteiger charge is 2.23. The van der Waals surface area contributed by atoms with Gasteiger partial charge in [-0.05, 0) is 6.07 Å². The molecule has 7 heteroatoms. The van der Waals surface area contributed by atoms with Gasteiger partial charge >= 0.3 is 0 Å². The summed E-state index contributed by atoms with van der Waals surface area (Å²) in [6.45, 7) is 0. The van der Waals surface area contributed by atoms with Crippen molar-refractivity contribution in [2.24, 2.45) is 0 Å². The lowest BCUT2D eigenvalue weighted by Gasteiger charge is -2.06. The lowest BCUT2D eigenvalue weighted by molar-refractivity contribution is 0.103. The topological polar surface area (TPSA) is 26.3 Å². The van der Waals surface area contributed by atoms with E-state index in [1.54, 1.807) is 0 Å². The van der Waals surface area contributed by atoms with Crippen molar-refractivity contribution in [3.05, 3.63) is 49.6 Å². The molecule has 2 nitrogen and oxygen atoms in total. The Hall–Kier alpha value is -1.17. The first kappa shape index (κ1) is 14.2. The van der Waals surface area contributed by atoms with Gasteiger partial charge in [-0.3, -0.25) is 4.79 Å². The fourth-order valence-electron chi connectivity index (χ4n) is 1.51. The van der Waals surface area contributed by atoms with E-state index in [0.29, 0.717) is 0 Å². The summed E-state index contributed by atoms with van der Waals surface area (Å²) < 4.78 is 32.6. The van der Waals surface area contributed by atoms with Gasteiger partial charge in [0.15, 0.2) is 0 Å². The minimum atomic E-state index is -1.01. The van der Waals surface area contributed by atoms with Crippen LogP contribution in [0.5, 0.6) is 5.75 Å². The molecule has 0 saturated carbocycles. The van der Waals surface area contributed by atoms with Crippen molar-refractivity contribution >= 4 is 40.3 Å². The van der Waals surface area contributed by atoms with Crippen LogP contribution >= 0.6 is 34.5 Å². The van der Waals surface area contributed by atoms with E-state index >= 15 is 0 Å². The van der Waals surface area contributed by atoms with Gasteiger partial charge in [-0.15, -0.1) is 11.3 Å². The highest BCUT2D eigenvalue weighted by atomic mass is 35.5. The average Bonchev–Trinajstić information content (AvgIpc) is 2.67. The van der Waals surface area contributed by atoms with E-state index in [0.717, 1.165) is 23.5 Å². The van der Waals surface area contributed by atoms with Crippen molar-refractivity contribution in [2.75, 3.05) is 7.11 Å². The summed E-state index contributed by atoms with van der Waals surface area (Å²) in [6, 6.07) is 3.14. The van der Waals surface area contributed by atoms with Gasteiger partial charge in [0.25, 0.3) is 0 Å². The van der Waals surface area contributed by atoms with Crippen LogP contribution in [-0.2, 0) is 0 Å². The monoisotopic (exact) mass is 322 g/mol. The molecular weight excluding hydrogens is 317 g/mol. The molecule has 0 aliphatic carbocycles. The summed E-state index contributed by atoms with van der Waals surface area (Å²) in [5.41, 5.74) is -0.711. The molecule has 0 fully saturated rings. The van der Waals surface area contributed by atoms with Crippen molar-refractivity contribution in [3.63, 3.8) is 0 Å². The minimum Gasteiger partial charge on any atom is -0.497 e. The van der Waals surface area contributed by atoms with Crippen molar-refractivity contribution in [3.8, 4) is 5.75 Å². The Labute approximate surface area is 121 Å². The van der Waals surface area contributed by atoms with E-state index < -0.39 is 23.0 Å². The Kier molecular flexibility index (Phi) is 4.08. The van der Waals surface area contributed by atoms with Gasteiger partial charge in [0, 0.05) is 12.1 Å². The molecule has 0 aliphatic heterocycles. The Morgan fingerprint density at radius 1 is 1.21 bits per heavy atom. The zero-order valence-electron chi connectivity index (χ0n) is 9.47. The highest BCUT2D eigenvalue weighted by Crippen LogP contribution is 2.34. The molecule has 0 radical (unpaired) electrons. The molecule has 100 valence electrons. The van der Waals surface area contributed by atoms with Gasteiger partial charge in [0.2, 0.25) is 5.78 Å². The van der Waals surface area contributed by atoms with Crippen LogP contribution in [0.3, 0.4) is 0 Å². The minimum absolute atomic E-state index is 0.0130. The van der Waals surface area contributed by atoms with E-state index in [9.17, 15) is 13.6 Å². The third kappa shape index (κ3) is 2.73. The third-order valence-electron chi connectivity index (χ3n) is 2.38. The summed E-state index contributed by atoms with van der Waals surface area (Å²) >= 11 is 12.4. The van der Waals surface area contributed by atoms with Gasteiger partial charge in [0.1, 0.15) is 21.7 Å². The summed E-state index contributed by atoms with van der Waals surface area (Å²) in [4.78, 5) is 12.1. The number of carbonyl (C=O) groups is 1. The second-order valence-corrected chi connectivity index (χ2v) is 5.82. The van der Waals surface area contributed by atoms with Crippen LogP contribution in [-0.4, -0.2) is 12.9 Å². The smallest absolute Gasteiger partial charge is 0.201 e. The number of methoxy groups -OCH3 is 1. The van der Waals surface area contributed by atoms with Crippen molar-refractivity contribution < 1.29 is 18.3 Å². The number of ether oxygens (including phenoxy) is 1. The van der Waals surface area contributed by atoms with Crippen LogP contribution in [0.15, 0.2) is 18.2 Å². The molecule has 2 rings (SSSR count). The molecular formula is C12H6Cl2F2O2S. The number of thiophene rings is 1. The number of carbonyl (C=O) groups excluding carboxylic acids is 1. The molecule has 0 N–H and O–H groups in total. The highest BCUT2D eigenvalue weighted by molar-refractivity contribution is 7.20. The van der Waals surface area contributed by atoms with Crippen LogP contribution in [0, 0.1) is 11.6 Å². The quantitative estimate of drug-likeness (QED) is 0.773. The summed E-state index contributed by atoms with van der Waals surface area (Å²) in [5.74, 6) is -2.90. The summed E-state index contributed by atoms with van der Waals surface area (Å²) in [7, 11) is 1.27. The second-order valence-electron chi connectivity index (χ2n) is 3.53. The second kappa shape index (κ2) is 5.45. The lowest BCUT2D eigenvalue weighted by Crippen LogP contribution is -2.07. The number of benzene rings is 1. The van der Waals surface area contributed by atoms with E-state index in [2.05, 4.69) is 0 Å². The fraction of sp³-hybridized carbons (Fsp3) is 0.0833. The lowest BCUT2D eigenvalue weighted by atomic mass is 10.0. The van der Waals surface area contributed by atoms with Crippen molar-refractivity contribution in [2.45, 2.75) is 0 Å². The molecule has 0 unspecified atom stereocenters. The fourth-order valence-corrected chi connectivity index (χ4v) is 2.97. The maximum Gasteiger partial charge on any atom is 0.201 e. The first-order valence-electron chi connectivity index (χ1n) is 4.96. The Bertz CT molecular complexity index is 632. The van der Waals surface area contributed by atoms with Crippen LogP contribution in [0.4, 0.5) is 8.78 Å². The number of hydrogen-bond donors (Lipinski definition) is 0. The number of halogens is 4. The van der Waals surface area contributed by atoms with Crippen LogP contribution in [0.1, 0.15) is 15.9 Å². The van der Waals surface area contributed by atoms with Gasteiger partial charge in [0.05, 0.1) is 22.6 Å². The molecule has 0 saturated heterocycles. The SMILES string of the molecule is COc1cc(F)c(C(=O)c2cc(Cl)sc2Cl)c(F)c1. The van der Waals surface area contributed by atoms with Gasteiger partial charge in [-0.2, -0.15) is 0 Å². The normalized spacial score (nSPS) is 10.6. The number of ketones is 1. The predicted molar refractivity (Wildman–Crippen MR) is 70.7 cm³/mol. The predicted octanol–water partition coefficient (Wildman–Crippen LogP) is 4.57. The first-order chi connectivity index (χ1) is 8.93. The molecule has 1 aromatic heterocycles. The Morgan fingerprint density at radius 3 is 2.21 bits per heavy atom. The van der Waals surface area contributed by atoms with E-state index in [4.69, 9.17) is 27.9 Å². The molecule has 1 aromatic carbocycles. The Morgan fingerprint density at radius 2 is 1.79 bits per heavy atom. The zero-order chi connectivity index (χ0) is 14.2. The molecule has 2 aromatic rings. The van der Waals surface area contributed by atoms with E-state index in [-0.39, 0.29) is 20.0 Å². The standard InChI is InChI=1S/C12H6Cl2F2O2S/c1-18-5-2-7(15)10(8(16)3-5)11(17)6-4-9(13)19-12(6)14/h2-4H,1H3. The maximum atomic E-state index is 13.8. The van der Waals surface area contributed by atoms with E-state index in [1.165, 1.54) is 13.2 Å². The molecule has 0 spiro atoms. The van der Waals surface area contributed by atoms with Crippen LogP contribution in [0.25, 0.3) is 0 Å². The zero-order valence-corrected chi connectivity index (χ0v) is 11.8. The number of hydrogen-bond acceptors (Lipinski definition) is 3. The molecule has 0 bridgehead atoms. The van der Waals surface area contributed by atoms with Crippen LogP contribution < -0.4 is 4.74 Å². The molecule has 0 atom stereocenters. The van der Waals surface area contributed by atoms with Crippen molar-refractivity contribution in [1.82, 2.24) is 0 Å². The van der Waals surface area contributed by atoms with E-state index in [1.807, 2.05) is 0 Å². The summed E-state index contributed by atoms with van der Waals surface area (Å²) in [5, 5.41) is 0. The largest absolute Gasteiger partial charge is 0.497 e. The number of rotatable bonds is 3. The van der Waals surface area contributed by atoms with Crippen molar-refractivity contribution in [1.29, 1.82) is 0 Å². The molecule has 19 heavy (non-hydrogen) atoms. The molecule has 0 aliphatic rings. The molecule has 0 amide bonds. The van der Waals surface area contributed by atoms with Crippen LogP contribution in [0.2, 0.25) is 8.67 Å². The average molecular weight is 323 g/mol. The summed E-state index contributed by atoms with van der Waals surface area (Å²) in [6.07, 6.45) is 0. The first-order valence-corrected chi connectivity index (χ1v) is 6.54. The Balaban J connectivity index is 2.53. The third-order valence-corrected chi connectivity index (χ3v) is 3.87. The van der Waals surface area contributed by atoms with Gasteiger partial charge in [-0.1, -0.05) is 23.2 Å². The van der Waals surface area contributed by atoms with Gasteiger partial charge < -0.3 is 4.74 Å². The maximum absolute atomic E-state index is 13.8. The molecule has 1 heterocycles. The van der Waals surface area contributed by atoms with Gasteiger partial charge in [-0.25, -0.2) is 8.78 Å².